The summed E-state index contributed by atoms with van der Waals surface area (Å²) >= 11 is 0. The summed E-state index contributed by atoms with van der Waals surface area (Å²) in [6.07, 6.45) is 3.44. The maximum atomic E-state index is 13.2. The number of carbonyl (C=O) groups is 2. The van der Waals surface area contributed by atoms with Crippen molar-refractivity contribution in [2.45, 2.75) is 57.7 Å². The largest absolute Gasteiger partial charge is 0.481 e. The van der Waals surface area contributed by atoms with Crippen LogP contribution in [0.4, 0.5) is 0 Å². The van der Waals surface area contributed by atoms with E-state index >= 15 is 0 Å². The monoisotopic (exact) mass is 475 g/mol. The Balaban J connectivity index is 1.53. The van der Waals surface area contributed by atoms with Gasteiger partial charge in [0.1, 0.15) is 12.4 Å². The highest BCUT2D eigenvalue weighted by atomic mass is 16.5. The minimum atomic E-state index is -0.824. The van der Waals surface area contributed by atoms with Gasteiger partial charge in [-0.3, -0.25) is 19.4 Å². The molecule has 0 radical (unpaired) electrons. The van der Waals surface area contributed by atoms with Crippen LogP contribution < -0.4 is 21.3 Å². The van der Waals surface area contributed by atoms with Gasteiger partial charge in [0.2, 0.25) is 5.75 Å². The van der Waals surface area contributed by atoms with Crippen molar-refractivity contribution >= 4 is 11.7 Å². The molecule has 0 bridgehead atoms. The zero-order chi connectivity index (χ0) is 24.8. The average Bonchev–Trinajstić information content (AvgIpc) is 2.87. The molecule has 2 N–H and O–H groups in total. The van der Waals surface area contributed by atoms with E-state index in [4.69, 9.17) is 4.74 Å². The number of ketones is 1. The van der Waals surface area contributed by atoms with Gasteiger partial charge >= 0.3 is 5.69 Å². The van der Waals surface area contributed by atoms with E-state index in [-0.39, 0.29) is 29.9 Å². The van der Waals surface area contributed by atoms with Crippen molar-refractivity contribution in [1.29, 1.82) is 0 Å². The lowest BCUT2D eigenvalue weighted by Gasteiger charge is -2.29. The number of H-pyrrole nitrogens is 1. The summed E-state index contributed by atoms with van der Waals surface area (Å²) in [5, 5.41) is 2.96. The van der Waals surface area contributed by atoms with E-state index in [1.165, 1.54) is 12.5 Å². The van der Waals surface area contributed by atoms with Crippen LogP contribution in [0, 0.1) is 0 Å². The number of hydrogen-bond donors (Lipinski definition) is 2. The van der Waals surface area contributed by atoms with Gasteiger partial charge in [-0.05, 0) is 49.7 Å². The van der Waals surface area contributed by atoms with Crippen molar-refractivity contribution in [3.05, 3.63) is 98.3 Å². The predicted molar refractivity (Wildman–Crippen MR) is 132 cm³/mol. The Labute approximate surface area is 203 Å². The SMILES string of the molecule is CC(=O)Cn1c(=O)[nH]c(C(=O)NC2CCC(c3ccccc3)CC2)c(OCc2ccccc2)c1=O. The zero-order valence-electron chi connectivity index (χ0n) is 19.7. The molecule has 1 saturated carbocycles. The van der Waals surface area contributed by atoms with E-state index in [1.807, 2.05) is 48.5 Å². The topological polar surface area (TPSA) is 110 Å². The third-order valence-electron chi connectivity index (χ3n) is 6.31. The molecule has 1 aliphatic rings. The molecule has 0 aliphatic heterocycles. The number of aromatic amines is 1. The van der Waals surface area contributed by atoms with Gasteiger partial charge in [-0.25, -0.2) is 9.36 Å². The molecule has 4 rings (SSSR count). The first kappa shape index (κ1) is 24.2. The van der Waals surface area contributed by atoms with Gasteiger partial charge in [-0.15, -0.1) is 0 Å². The van der Waals surface area contributed by atoms with Crippen molar-refractivity contribution in [1.82, 2.24) is 14.9 Å². The number of Topliss-reactive ketones (excluding diaryl/α,β-unsaturated/α-hetero) is 1. The lowest BCUT2D eigenvalue weighted by Crippen LogP contribution is -2.43. The number of ether oxygens (including phenoxy) is 1. The number of amides is 1. The molecule has 2 aromatic carbocycles. The Morgan fingerprint density at radius 1 is 0.971 bits per heavy atom. The number of rotatable bonds is 8. The fraction of sp³-hybridized carbons (Fsp3) is 0.333. The lowest BCUT2D eigenvalue weighted by molar-refractivity contribution is -0.117. The van der Waals surface area contributed by atoms with Crippen LogP contribution in [0.25, 0.3) is 0 Å². The van der Waals surface area contributed by atoms with Crippen LogP contribution in [-0.2, 0) is 17.9 Å². The third-order valence-corrected chi connectivity index (χ3v) is 6.31. The first-order valence-electron chi connectivity index (χ1n) is 11.8. The fourth-order valence-corrected chi connectivity index (χ4v) is 4.50. The molecule has 1 amide bonds. The van der Waals surface area contributed by atoms with Crippen LogP contribution in [0.2, 0.25) is 0 Å². The first-order valence-corrected chi connectivity index (χ1v) is 11.8. The maximum Gasteiger partial charge on any atom is 0.329 e. The molecule has 0 saturated heterocycles. The van der Waals surface area contributed by atoms with Crippen molar-refractivity contribution in [3.63, 3.8) is 0 Å². The highest BCUT2D eigenvalue weighted by molar-refractivity contribution is 5.95. The summed E-state index contributed by atoms with van der Waals surface area (Å²) in [5.41, 5.74) is 0.239. The molecule has 1 aromatic heterocycles. The van der Waals surface area contributed by atoms with Gasteiger partial charge in [0, 0.05) is 6.04 Å². The van der Waals surface area contributed by atoms with Gasteiger partial charge in [-0.1, -0.05) is 60.7 Å². The number of nitrogens with zero attached hydrogens (tertiary/aromatic N) is 1. The van der Waals surface area contributed by atoms with Gasteiger partial charge in [0.25, 0.3) is 11.5 Å². The fourth-order valence-electron chi connectivity index (χ4n) is 4.50. The summed E-state index contributed by atoms with van der Waals surface area (Å²) in [5.74, 6) is -0.756. The summed E-state index contributed by atoms with van der Waals surface area (Å²) in [7, 11) is 0. The molecular weight excluding hydrogens is 446 g/mol. The van der Waals surface area contributed by atoms with E-state index in [2.05, 4.69) is 22.4 Å². The highest BCUT2D eigenvalue weighted by Gasteiger charge is 2.27. The molecule has 1 aliphatic carbocycles. The Morgan fingerprint density at radius 3 is 2.23 bits per heavy atom. The summed E-state index contributed by atoms with van der Waals surface area (Å²) < 4.78 is 6.50. The summed E-state index contributed by atoms with van der Waals surface area (Å²) in [4.78, 5) is 52.8. The number of hydrogen-bond acceptors (Lipinski definition) is 5. The molecule has 0 unspecified atom stereocenters. The molecule has 8 nitrogen and oxygen atoms in total. The van der Waals surface area contributed by atoms with Crippen LogP contribution in [0.1, 0.15) is 60.1 Å². The highest BCUT2D eigenvalue weighted by Crippen LogP contribution is 2.32. The van der Waals surface area contributed by atoms with Crippen molar-refractivity contribution in [2.75, 3.05) is 0 Å². The van der Waals surface area contributed by atoms with Crippen molar-refractivity contribution < 1.29 is 14.3 Å². The van der Waals surface area contributed by atoms with Gasteiger partial charge in [0.15, 0.2) is 5.69 Å². The van der Waals surface area contributed by atoms with Crippen LogP contribution >= 0.6 is 0 Å². The zero-order valence-corrected chi connectivity index (χ0v) is 19.7. The van der Waals surface area contributed by atoms with E-state index in [0.717, 1.165) is 35.8 Å². The molecule has 0 spiro atoms. The van der Waals surface area contributed by atoms with Crippen molar-refractivity contribution in [3.8, 4) is 5.75 Å². The second kappa shape index (κ2) is 11.0. The third kappa shape index (κ3) is 5.95. The molecule has 35 heavy (non-hydrogen) atoms. The second-order valence-corrected chi connectivity index (χ2v) is 8.93. The Morgan fingerprint density at radius 2 is 1.60 bits per heavy atom. The number of benzene rings is 2. The number of carbonyl (C=O) groups excluding carboxylic acids is 2. The van der Waals surface area contributed by atoms with Crippen molar-refractivity contribution in [2.24, 2.45) is 0 Å². The standard InChI is InChI=1S/C27H29N3O5/c1-18(31)16-30-26(33)24(35-17-19-8-4-2-5-9-19)23(29-27(30)34)25(32)28-22-14-12-21(13-15-22)20-10-6-3-7-11-20/h2-11,21-22H,12-17H2,1H3,(H,28,32)(H,29,34). The predicted octanol–water partition coefficient (Wildman–Crippen LogP) is 3.16. The van der Waals surface area contributed by atoms with E-state index in [9.17, 15) is 19.2 Å². The Kier molecular flexibility index (Phi) is 7.60. The number of nitrogens with one attached hydrogen (secondary N) is 2. The van der Waals surface area contributed by atoms with Gasteiger partial charge < -0.3 is 10.1 Å². The average molecular weight is 476 g/mol. The minimum Gasteiger partial charge on any atom is -0.481 e. The molecule has 0 atom stereocenters. The van der Waals surface area contributed by atoms with Crippen LogP contribution in [0.15, 0.2) is 70.3 Å². The van der Waals surface area contributed by atoms with Gasteiger partial charge in [-0.2, -0.15) is 0 Å². The minimum absolute atomic E-state index is 0.0324. The molecule has 182 valence electrons. The first-order chi connectivity index (χ1) is 16.9. The maximum absolute atomic E-state index is 13.2. The van der Waals surface area contributed by atoms with E-state index in [1.54, 1.807) is 0 Å². The van der Waals surface area contributed by atoms with Gasteiger partial charge in [0.05, 0.1) is 6.54 Å². The molecule has 1 heterocycles. The summed E-state index contributed by atoms with van der Waals surface area (Å²) in [6.45, 7) is 0.911. The normalized spacial score (nSPS) is 17.5. The smallest absolute Gasteiger partial charge is 0.329 e. The quantitative estimate of drug-likeness (QED) is 0.520. The van der Waals surface area contributed by atoms with Crippen LogP contribution in [0.3, 0.4) is 0 Å². The lowest BCUT2D eigenvalue weighted by atomic mass is 9.82. The Hall–Kier alpha value is -3.94. The second-order valence-electron chi connectivity index (χ2n) is 8.93. The van der Waals surface area contributed by atoms with E-state index in [0.29, 0.717) is 5.92 Å². The molecule has 3 aromatic rings. The van der Waals surface area contributed by atoms with E-state index < -0.39 is 23.7 Å². The molecular formula is C27H29N3O5. The van der Waals surface area contributed by atoms with Crippen LogP contribution in [-0.4, -0.2) is 27.3 Å². The Bertz CT molecular complexity index is 1290. The summed E-state index contributed by atoms with van der Waals surface area (Å²) in [6, 6.07) is 19.4. The number of aromatic nitrogens is 2. The molecule has 8 heteroatoms. The van der Waals surface area contributed by atoms with Crippen LogP contribution in [0.5, 0.6) is 5.75 Å². The molecule has 1 fully saturated rings.